The summed E-state index contributed by atoms with van der Waals surface area (Å²) in [7, 11) is 0. The highest BCUT2D eigenvalue weighted by Crippen LogP contribution is 2.31. The molecule has 0 spiro atoms. The van der Waals surface area contributed by atoms with E-state index in [0.29, 0.717) is 19.6 Å². The number of rotatable bonds is 9. The van der Waals surface area contributed by atoms with E-state index in [1.807, 2.05) is 18.2 Å². The summed E-state index contributed by atoms with van der Waals surface area (Å²) < 4.78 is 11.4. The molecule has 0 fully saturated rings. The quantitative estimate of drug-likeness (QED) is 0.722. The second-order valence-electron chi connectivity index (χ2n) is 4.52. The molecule has 4 heteroatoms. The van der Waals surface area contributed by atoms with Crippen molar-refractivity contribution in [1.82, 2.24) is 0 Å². The highest BCUT2D eigenvalue weighted by atomic mass is 16.5. The van der Waals surface area contributed by atoms with Crippen molar-refractivity contribution in [3.8, 4) is 11.5 Å². The van der Waals surface area contributed by atoms with Gasteiger partial charge in [-0.2, -0.15) is 0 Å². The SMILES string of the molecule is CCCOc1ccc(C(N)CCO)cc1OCCC. The molecule has 108 valence electrons. The second kappa shape index (κ2) is 8.77. The van der Waals surface area contributed by atoms with Gasteiger partial charge in [-0.05, 0) is 37.0 Å². The van der Waals surface area contributed by atoms with Crippen LogP contribution < -0.4 is 15.2 Å². The molecule has 0 aliphatic heterocycles. The first-order valence-electron chi connectivity index (χ1n) is 6.98. The van der Waals surface area contributed by atoms with Gasteiger partial charge < -0.3 is 20.3 Å². The third-order valence-electron chi connectivity index (χ3n) is 2.76. The van der Waals surface area contributed by atoms with Crippen molar-refractivity contribution >= 4 is 0 Å². The molecule has 0 saturated heterocycles. The molecule has 0 saturated carbocycles. The smallest absolute Gasteiger partial charge is 0.161 e. The lowest BCUT2D eigenvalue weighted by Crippen LogP contribution is -2.12. The molecule has 1 atom stereocenters. The molecular formula is C15H25NO3. The van der Waals surface area contributed by atoms with Crippen molar-refractivity contribution in [2.24, 2.45) is 5.73 Å². The molecule has 0 radical (unpaired) electrons. The topological polar surface area (TPSA) is 64.7 Å². The van der Waals surface area contributed by atoms with Crippen molar-refractivity contribution in [1.29, 1.82) is 0 Å². The normalized spacial score (nSPS) is 12.2. The van der Waals surface area contributed by atoms with Crippen LogP contribution in [0.5, 0.6) is 11.5 Å². The monoisotopic (exact) mass is 267 g/mol. The number of aliphatic hydroxyl groups is 1. The van der Waals surface area contributed by atoms with Crippen molar-refractivity contribution in [3.63, 3.8) is 0 Å². The van der Waals surface area contributed by atoms with Crippen molar-refractivity contribution in [2.75, 3.05) is 19.8 Å². The molecule has 1 unspecified atom stereocenters. The molecule has 0 bridgehead atoms. The van der Waals surface area contributed by atoms with Gasteiger partial charge in [-0.25, -0.2) is 0 Å². The first-order valence-corrected chi connectivity index (χ1v) is 6.98. The number of hydrogen-bond donors (Lipinski definition) is 2. The Bertz CT molecular complexity index is 368. The fourth-order valence-electron chi connectivity index (χ4n) is 1.72. The number of nitrogens with two attached hydrogens (primary N) is 1. The summed E-state index contributed by atoms with van der Waals surface area (Å²) in [4.78, 5) is 0. The van der Waals surface area contributed by atoms with Gasteiger partial charge in [-0.3, -0.25) is 0 Å². The third kappa shape index (κ3) is 5.09. The molecule has 0 aromatic heterocycles. The van der Waals surface area contributed by atoms with Crippen LogP contribution in [-0.2, 0) is 0 Å². The zero-order valence-electron chi connectivity index (χ0n) is 11.9. The molecule has 0 heterocycles. The Morgan fingerprint density at radius 1 is 1.11 bits per heavy atom. The fourth-order valence-corrected chi connectivity index (χ4v) is 1.72. The van der Waals surface area contributed by atoms with E-state index in [2.05, 4.69) is 13.8 Å². The van der Waals surface area contributed by atoms with Crippen LogP contribution in [0.15, 0.2) is 18.2 Å². The Morgan fingerprint density at radius 3 is 2.32 bits per heavy atom. The lowest BCUT2D eigenvalue weighted by Gasteiger charge is -2.16. The van der Waals surface area contributed by atoms with E-state index >= 15 is 0 Å². The van der Waals surface area contributed by atoms with E-state index in [1.165, 1.54) is 0 Å². The lowest BCUT2D eigenvalue weighted by molar-refractivity contribution is 0.266. The largest absolute Gasteiger partial charge is 0.490 e. The zero-order chi connectivity index (χ0) is 14.1. The number of ether oxygens (including phenoxy) is 2. The van der Waals surface area contributed by atoms with E-state index < -0.39 is 0 Å². The molecule has 0 aliphatic rings. The van der Waals surface area contributed by atoms with E-state index in [1.54, 1.807) is 0 Å². The van der Waals surface area contributed by atoms with Crippen LogP contribution in [0.25, 0.3) is 0 Å². The van der Waals surface area contributed by atoms with Crippen LogP contribution >= 0.6 is 0 Å². The molecule has 0 amide bonds. The zero-order valence-corrected chi connectivity index (χ0v) is 11.9. The minimum Gasteiger partial charge on any atom is -0.490 e. The van der Waals surface area contributed by atoms with Gasteiger partial charge in [-0.1, -0.05) is 19.9 Å². The average molecular weight is 267 g/mol. The van der Waals surface area contributed by atoms with Gasteiger partial charge in [0, 0.05) is 12.6 Å². The van der Waals surface area contributed by atoms with Crippen LogP contribution in [0.2, 0.25) is 0 Å². The van der Waals surface area contributed by atoms with Crippen LogP contribution in [0, 0.1) is 0 Å². The summed E-state index contributed by atoms with van der Waals surface area (Å²) in [6.45, 7) is 5.54. The molecule has 19 heavy (non-hydrogen) atoms. The van der Waals surface area contributed by atoms with Gasteiger partial charge in [0.05, 0.1) is 13.2 Å². The highest BCUT2D eigenvalue weighted by Gasteiger charge is 2.11. The first-order chi connectivity index (χ1) is 9.22. The van der Waals surface area contributed by atoms with Gasteiger partial charge in [0.2, 0.25) is 0 Å². The van der Waals surface area contributed by atoms with E-state index in [9.17, 15) is 0 Å². The molecule has 1 aromatic carbocycles. The summed E-state index contributed by atoms with van der Waals surface area (Å²) >= 11 is 0. The summed E-state index contributed by atoms with van der Waals surface area (Å²) in [6.07, 6.45) is 2.45. The Kier molecular flexibility index (Phi) is 7.30. The van der Waals surface area contributed by atoms with E-state index in [-0.39, 0.29) is 12.6 Å². The number of benzene rings is 1. The van der Waals surface area contributed by atoms with E-state index in [0.717, 1.165) is 29.9 Å². The maximum absolute atomic E-state index is 8.94. The molecule has 1 rings (SSSR count). The van der Waals surface area contributed by atoms with Crippen LogP contribution in [0.4, 0.5) is 0 Å². The Labute approximate surface area is 115 Å². The van der Waals surface area contributed by atoms with Crippen molar-refractivity contribution < 1.29 is 14.6 Å². The number of aliphatic hydroxyl groups excluding tert-OH is 1. The molecule has 1 aromatic rings. The third-order valence-corrected chi connectivity index (χ3v) is 2.76. The van der Waals surface area contributed by atoms with Crippen LogP contribution in [0.1, 0.15) is 44.7 Å². The molecule has 4 nitrogen and oxygen atoms in total. The van der Waals surface area contributed by atoms with Crippen molar-refractivity contribution in [3.05, 3.63) is 23.8 Å². The molecular weight excluding hydrogens is 242 g/mol. The predicted molar refractivity (Wildman–Crippen MR) is 76.6 cm³/mol. The first kappa shape index (κ1) is 15.8. The maximum Gasteiger partial charge on any atom is 0.161 e. The second-order valence-corrected chi connectivity index (χ2v) is 4.52. The van der Waals surface area contributed by atoms with Gasteiger partial charge >= 0.3 is 0 Å². The summed E-state index contributed by atoms with van der Waals surface area (Å²) in [6, 6.07) is 5.58. The lowest BCUT2D eigenvalue weighted by atomic mass is 10.0. The van der Waals surface area contributed by atoms with E-state index in [4.69, 9.17) is 20.3 Å². The Balaban J connectivity index is 2.86. The highest BCUT2D eigenvalue weighted by molar-refractivity contribution is 5.43. The standard InChI is InChI=1S/C15H25NO3/c1-3-9-18-14-6-5-12(13(16)7-8-17)11-15(14)19-10-4-2/h5-6,11,13,17H,3-4,7-10,16H2,1-2H3. The fraction of sp³-hybridized carbons (Fsp3) is 0.600. The summed E-state index contributed by atoms with van der Waals surface area (Å²) in [5.74, 6) is 1.50. The van der Waals surface area contributed by atoms with Crippen LogP contribution in [-0.4, -0.2) is 24.9 Å². The summed E-state index contributed by atoms with van der Waals surface area (Å²) in [5, 5.41) is 8.94. The van der Waals surface area contributed by atoms with Gasteiger partial charge in [-0.15, -0.1) is 0 Å². The van der Waals surface area contributed by atoms with Gasteiger partial charge in [0.25, 0.3) is 0 Å². The van der Waals surface area contributed by atoms with Crippen LogP contribution in [0.3, 0.4) is 0 Å². The van der Waals surface area contributed by atoms with Crippen molar-refractivity contribution in [2.45, 2.75) is 39.2 Å². The molecule has 3 N–H and O–H groups in total. The summed E-state index contributed by atoms with van der Waals surface area (Å²) in [5.41, 5.74) is 6.96. The predicted octanol–water partition coefficient (Wildman–Crippen LogP) is 2.65. The Hall–Kier alpha value is -1.26. The average Bonchev–Trinajstić information content (AvgIpc) is 2.43. The van der Waals surface area contributed by atoms with Gasteiger partial charge in [0.1, 0.15) is 0 Å². The van der Waals surface area contributed by atoms with Gasteiger partial charge in [0.15, 0.2) is 11.5 Å². The minimum absolute atomic E-state index is 0.0837. The number of hydrogen-bond acceptors (Lipinski definition) is 4. The maximum atomic E-state index is 8.94. The Morgan fingerprint density at radius 2 is 1.74 bits per heavy atom. The minimum atomic E-state index is -0.172. The molecule has 0 aliphatic carbocycles.